The van der Waals surface area contributed by atoms with Crippen molar-refractivity contribution in [3.8, 4) is 0 Å². The Bertz CT molecular complexity index is 571. The Kier molecular flexibility index (Phi) is 8.44. The van der Waals surface area contributed by atoms with Crippen LogP contribution < -0.4 is 10.6 Å². The third-order valence-electron chi connectivity index (χ3n) is 4.74. The molecular formula is C19H29FN2O4. The van der Waals surface area contributed by atoms with Crippen LogP contribution in [0.5, 0.6) is 0 Å². The largest absolute Gasteiger partial charge is 0.384 e. The van der Waals surface area contributed by atoms with Gasteiger partial charge in [-0.3, -0.25) is 4.79 Å². The van der Waals surface area contributed by atoms with Crippen molar-refractivity contribution in [2.45, 2.75) is 19.4 Å². The van der Waals surface area contributed by atoms with Crippen LogP contribution in [0.2, 0.25) is 0 Å². The summed E-state index contributed by atoms with van der Waals surface area (Å²) < 4.78 is 29.5. The van der Waals surface area contributed by atoms with E-state index in [2.05, 4.69) is 10.6 Å². The third-order valence-corrected chi connectivity index (χ3v) is 4.74. The Morgan fingerprint density at radius 1 is 1.23 bits per heavy atom. The fourth-order valence-corrected chi connectivity index (χ4v) is 3.16. The second kappa shape index (κ2) is 10.6. The highest BCUT2D eigenvalue weighted by molar-refractivity contribution is 5.94. The molecule has 2 N–H and O–H groups in total. The molecule has 0 radical (unpaired) electrons. The van der Waals surface area contributed by atoms with Gasteiger partial charge in [-0.05, 0) is 44.1 Å². The Labute approximate surface area is 154 Å². The zero-order chi connectivity index (χ0) is 18.8. The van der Waals surface area contributed by atoms with Gasteiger partial charge in [0.05, 0.1) is 26.4 Å². The standard InChI is InChI=1S/C19H29FN2O4/c1-24-9-10-26-12-16-11-15(3-4-17(16)20)18(23)22-13-19(14-25-2)5-7-21-8-6-19/h3-4,11,21H,5-10,12-14H2,1-2H3,(H,22,23). The van der Waals surface area contributed by atoms with Gasteiger partial charge < -0.3 is 24.8 Å². The van der Waals surface area contributed by atoms with Crippen LogP contribution in [-0.2, 0) is 20.8 Å². The van der Waals surface area contributed by atoms with Crippen LogP contribution in [0.1, 0.15) is 28.8 Å². The van der Waals surface area contributed by atoms with E-state index in [4.69, 9.17) is 14.2 Å². The van der Waals surface area contributed by atoms with E-state index in [9.17, 15) is 9.18 Å². The van der Waals surface area contributed by atoms with Gasteiger partial charge in [0.2, 0.25) is 0 Å². The summed E-state index contributed by atoms with van der Waals surface area (Å²) in [4.78, 5) is 12.5. The molecule has 0 saturated carbocycles. The minimum absolute atomic E-state index is 0.0538. The van der Waals surface area contributed by atoms with Gasteiger partial charge in [0.25, 0.3) is 5.91 Å². The predicted octanol–water partition coefficient (Wildman–Crippen LogP) is 1.73. The second-order valence-corrected chi connectivity index (χ2v) is 6.72. The number of amides is 1. The lowest BCUT2D eigenvalue weighted by atomic mass is 9.79. The average Bonchev–Trinajstić information content (AvgIpc) is 2.66. The number of piperidine rings is 1. The Morgan fingerprint density at radius 3 is 2.69 bits per heavy atom. The average molecular weight is 368 g/mol. The lowest BCUT2D eigenvalue weighted by Crippen LogP contribution is -2.47. The summed E-state index contributed by atoms with van der Waals surface area (Å²) in [5.41, 5.74) is 0.738. The highest BCUT2D eigenvalue weighted by Gasteiger charge is 2.32. The molecule has 2 rings (SSSR count). The monoisotopic (exact) mass is 368 g/mol. The SMILES string of the molecule is COCCOCc1cc(C(=O)NCC2(COC)CCNCC2)ccc1F. The summed E-state index contributed by atoms with van der Waals surface area (Å²) in [6.07, 6.45) is 1.90. The zero-order valence-electron chi connectivity index (χ0n) is 15.6. The molecule has 6 nitrogen and oxygen atoms in total. The molecule has 1 saturated heterocycles. The molecule has 1 amide bonds. The molecule has 146 valence electrons. The summed E-state index contributed by atoms with van der Waals surface area (Å²) in [5.74, 6) is -0.592. The fraction of sp³-hybridized carbons (Fsp3) is 0.632. The van der Waals surface area contributed by atoms with Gasteiger partial charge in [-0.1, -0.05) is 0 Å². The summed E-state index contributed by atoms with van der Waals surface area (Å²) in [6.45, 7) is 3.90. The van der Waals surface area contributed by atoms with Crippen molar-refractivity contribution < 1.29 is 23.4 Å². The molecule has 0 bridgehead atoms. The van der Waals surface area contributed by atoms with Crippen LogP contribution in [0, 0.1) is 11.2 Å². The summed E-state index contributed by atoms with van der Waals surface area (Å²) >= 11 is 0. The van der Waals surface area contributed by atoms with Crippen molar-refractivity contribution in [1.29, 1.82) is 0 Å². The minimum Gasteiger partial charge on any atom is -0.384 e. The quantitative estimate of drug-likeness (QED) is 0.616. The maximum Gasteiger partial charge on any atom is 0.251 e. The Morgan fingerprint density at radius 2 is 2.00 bits per heavy atom. The van der Waals surface area contributed by atoms with E-state index in [1.54, 1.807) is 20.3 Å². The highest BCUT2D eigenvalue weighted by atomic mass is 19.1. The Hall–Kier alpha value is -1.54. The van der Waals surface area contributed by atoms with Gasteiger partial charge in [-0.25, -0.2) is 4.39 Å². The molecular weight excluding hydrogens is 339 g/mol. The van der Waals surface area contributed by atoms with Crippen molar-refractivity contribution in [3.63, 3.8) is 0 Å². The molecule has 1 aliphatic heterocycles. The maximum atomic E-state index is 13.9. The van der Waals surface area contributed by atoms with Crippen LogP contribution in [0.15, 0.2) is 18.2 Å². The first kappa shape index (κ1) is 20.8. The topological polar surface area (TPSA) is 68.8 Å². The van der Waals surface area contributed by atoms with E-state index >= 15 is 0 Å². The Balaban J connectivity index is 1.95. The minimum atomic E-state index is -0.381. The van der Waals surface area contributed by atoms with Crippen LogP contribution in [-0.4, -0.2) is 59.6 Å². The van der Waals surface area contributed by atoms with E-state index in [-0.39, 0.29) is 23.7 Å². The molecule has 1 fully saturated rings. The smallest absolute Gasteiger partial charge is 0.251 e. The number of carbonyl (C=O) groups excluding carboxylic acids is 1. The van der Waals surface area contributed by atoms with Gasteiger partial charge in [0.1, 0.15) is 5.82 Å². The van der Waals surface area contributed by atoms with E-state index in [1.807, 2.05) is 0 Å². The summed E-state index contributed by atoms with van der Waals surface area (Å²) in [5, 5.41) is 6.31. The molecule has 0 unspecified atom stereocenters. The normalized spacial score (nSPS) is 16.4. The molecule has 1 aliphatic rings. The third kappa shape index (κ3) is 6.02. The van der Waals surface area contributed by atoms with Gasteiger partial charge in [0.15, 0.2) is 0 Å². The van der Waals surface area contributed by atoms with Gasteiger partial charge in [-0.15, -0.1) is 0 Å². The number of rotatable bonds is 10. The first-order valence-corrected chi connectivity index (χ1v) is 8.93. The number of benzene rings is 1. The van der Waals surface area contributed by atoms with E-state index < -0.39 is 0 Å². The number of methoxy groups -OCH3 is 2. The molecule has 1 aromatic rings. The molecule has 0 aliphatic carbocycles. The van der Waals surface area contributed by atoms with Crippen molar-refractivity contribution in [1.82, 2.24) is 10.6 Å². The predicted molar refractivity (Wildman–Crippen MR) is 96.7 cm³/mol. The van der Waals surface area contributed by atoms with Crippen molar-refractivity contribution >= 4 is 5.91 Å². The van der Waals surface area contributed by atoms with Crippen molar-refractivity contribution in [3.05, 3.63) is 35.1 Å². The first-order chi connectivity index (χ1) is 12.6. The summed E-state index contributed by atoms with van der Waals surface area (Å²) in [6, 6.07) is 4.34. The van der Waals surface area contributed by atoms with Gasteiger partial charge >= 0.3 is 0 Å². The number of carbonyl (C=O) groups is 1. The number of hydrogen-bond donors (Lipinski definition) is 2. The van der Waals surface area contributed by atoms with Crippen LogP contribution in [0.25, 0.3) is 0 Å². The molecule has 26 heavy (non-hydrogen) atoms. The highest BCUT2D eigenvalue weighted by Crippen LogP contribution is 2.28. The van der Waals surface area contributed by atoms with Crippen molar-refractivity contribution in [2.24, 2.45) is 5.41 Å². The fourth-order valence-electron chi connectivity index (χ4n) is 3.16. The van der Waals surface area contributed by atoms with Crippen molar-refractivity contribution in [2.75, 3.05) is 53.7 Å². The zero-order valence-corrected chi connectivity index (χ0v) is 15.6. The van der Waals surface area contributed by atoms with Gasteiger partial charge in [0, 0.05) is 37.3 Å². The molecule has 1 aromatic carbocycles. The lowest BCUT2D eigenvalue weighted by molar-refractivity contribution is 0.0511. The second-order valence-electron chi connectivity index (χ2n) is 6.72. The number of hydrogen-bond acceptors (Lipinski definition) is 5. The maximum absolute atomic E-state index is 13.9. The number of ether oxygens (including phenoxy) is 3. The molecule has 0 aromatic heterocycles. The van der Waals surface area contributed by atoms with E-state index in [0.717, 1.165) is 25.9 Å². The molecule has 7 heteroatoms. The lowest BCUT2D eigenvalue weighted by Gasteiger charge is -2.37. The number of nitrogens with one attached hydrogen (secondary N) is 2. The van der Waals surface area contributed by atoms with Crippen LogP contribution in [0.4, 0.5) is 4.39 Å². The summed E-state index contributed by atoms with van der Waals surface area (Å²) in [7, 11) is 3.26. The first-order valence-electron chi connectivity index (χ1n) is 8.93. The number of halogens is 1. The molecule has 1 heterocycles. The van der Waals surface area contributed by atoms with E-state index in [1.165, 1.54) is 12.1 Å². The van der Waals surface area contributed by atoms with Gasteiger partial charge in [-0.2, -0.15) is 0 Å². The molecule has 0 spiro atoms. The molecule has 0 atom stereocenters. The van der Waals surface area contributed by atoms with Crippen LogP contribution in [0.3, 0.4) is 0 Å². The van der Waals surface area contributed by atoms with E-state index in [0.29, 0.717) is 37.5 Å². The van der Waals surface area contributed by atoms with Crippen LogP contribution >= 0.6 is 0 Å².